The van der Waals surface area contributed by atoms with E-state index in [1.54, 1.807) is 14.1 Å². The molecule has 0 saturated heterocycles. The van der Waals surface area contributed by atoms with Crippen LogP contribution in [0.1, 0.15) is 0 Å². The summed E-state index contributed by atoms with van der Waals surface area (Å²) in [5, 5.41) is 0. The smallest absolute Gasteiger partial charge is 0.209 e. The topological polar surface area (TPSA) is 29.5 Å². The van der Waals surface area contributed by atoms with Crippen molar-refractivity contribution in [2.45, 2.75) is 0 Å². The molecule has 0 aromatic carbocycles. The first-order valence-electron chi connectivity index (χ1n) is 1.83. The van der Waals surface area contributed by atoms with Gasteiger partial charge in [0.05, 0.1) is 0 Å². The van der Waals surface area contributed by atoms with Crippen LogP contribution >= 0.6 is 21.3 Å². The summed E-state index contributed by atoms with van der Waals surface area (Å²) in [6.45, 7) is 0. The normalized spacial score (nSPS) is 6.88. The maximum atomic E-state index is 9.43. The van der Waals surface area contributed by atoms with Crippen molar-refractivity contribution in [2.24, 2.45) is 0 Å². The molecular formula is C3H10ClNO2P+. The van der Waals surface area contributed by atoms with Gasteiger partial charge in [-0.3, -0.25) is 4.79 Å². The van der Waals surface area contributed by atoms with E-state index in [1.807, 2.05) is 0 Å². The van der Waals surface area contributed by atoms with Gasteiger partial charge in [-0.05, 0) is 0 Å². The van der Waals surface area contributed by atoms with Gasteiger partial charge in [-0.15, -0.1) is 4.08 Å². The molecule has 1 amide bonds. The number of hydrogen-bond donors (Lipinski definition) is 0. The van der Waals surface area contributed by atoms with Gasteiger partial charge in [-0.1, -0.05) is 0 Å². The van der Waals surface area contributed by atoms with Gasteiger partial charge in [0.15, 0.2) is 0 Å². The molecular weight excluding hydrogens is 148 g/mol. The third-order valence-corrected chi connectivity index (χ3v) is 0.211. The third-order valence-electron chi connectivity index (χ3n) is 0.211. The lowest BCUT2D eigenvalue weighted by Gasteiger charge is -1.93. The van der Waals surface area contributed by atoms with E-state index in [1.165, 1.54) is 14.4 Å². The van der Waals surface area contributed by atoms with Crippen molar-refractivity contribution in [2.75, 3.05) is 14.1 Å². The standard InChI is InChI=1S/C3H7NO.ClH3OP/c1-4(2)3-5;1-2-3/h3H,1-2H3;3H3/q;+1. The number of amides is 1. The number of nitrogens with zero attached hydrogens (tertiary/aromatic N) is 1. The Bertz CT molecular complexity index is 52.5. The minimum absolute atomic E-state index is 0.750. The minimum atomic E-state index is 0.750. The second-order valence-corrected chi connectivity index (χ2v) is 2.05. The molecule has 50 valence electrons. The van der Waals surface area contributed by atoms with Crippen LogP contribution in [0.25, 0.3) is 0 Å². The number of halogens is 1. The maximum absolute atomic E-state index is 9.43. The quantitative estimate of drug-likeness (QED) is 0.408. The van der Waals surface area contributed by atoms with Crippen LogP contribution < -0.4 is 0 Å². The predicted octanol–water partition coefficient (Wildman–Crippen LogP) is 0.384. The summed E-state index contributed by atoms with van der Waals surface area (Å²) < 4.78 is 3.75. The summed E-state index contributed by atoms with van der Waals surface area (Å²) in [6, 6.07) is 0. The highest BCUT2D eigenvalue weighted by atomic mass is 35.5. The Labute approximate surface area is 56.4 Å². The van der Waals surface area contributed by atoms with E-state index in [2.05, 4.69) is 15.9 Å². The second kappa shape index (κ2) is 10.2. The van der Waals surface area contributed by atoms with E-state index < -0.39 is 0 Å². The molecule has 0 N–H and O–H groups in total. The summed E-state index contributed by atoms with van der Waals surface area (Å²) in [5.74, 6) is 0. The number of hydrogen-bond acceptors (Lipinski definition) is 2. The first-order valence-corrected chi connectivity index (χ1v) is 2.72. The van der Waals surface area contributed by atoms with Crippen molar-refractivity contribution in [3.05, 3.63) is 0 Å². The van der Waals surface area contributed by atoms with Crippen LogP contribution in [0.15, 0.2) is 0 Å². The molecule has 3 nitrogen and oxygen atoms in total. The summed E-state index contributed by atoms with van der Waals surface area (Å²) in [5.41, 5.74) is 0. The lowest BCUT2D eigenvalue weighted by atomic mass is 11.0. The van der Waals surface area contributed by atoms with Crippen molar-refractivity contribution in [1.29, 1.82) is 0 Å². The Morgan fingerprint density at radius 2 is 1.88 bits per heavy atom. The molecule has 0 spiro atoms. The Morgan fingerprint density at radius 1 is 1.75 bits per heavy atom. The predicted molar refractivity (Wildman–Crippen MR) is 37.8 cm³/mol. The molecule has 0 aliphatic carbocycles. The van der Waals surface area contributed by atoms with E-state index in [0.29, 0.717) is 0 Å². The Balaban J connectivity index is 0. The van der Waals surface area contributed by atoms with Gasteiger partial charge in [-0.25, -0.2) is 0 Å². The Hall–Kier alpha value is 0.150. The number of carbonyl (C=O) groups excluding carboxylic acids is 1. The fourth-order valence-electron chi connectivity index (χ4n) is 0. The van der Waals surface area contributed by atoms with Gasteiger partial charge < -0.3 is 4.90 Å². The second-order valence-electron chi connectivity index (χ2n) is 1.18. The molecule has 0 saturated carbocycles. The molecule has 0 heterocycles. The molecule has 0 radical (unpaired) electrons. The molecule has 0 rings (SSSR count). The molecule has 1 atom stereocenters. The van der Waals surface area contributed by atoms with Crippen molar-refractivity contribution < 1.29 is 8.87 Å². The van der Waals surface area contributed by atoms with Crippen LogP contribution in [0.3, 0.4) is 0 Å². The monoisotopic (exact) mass is 158 g/mol. The Kier molecular flexibility index (Phi) is 14.0. The van der Waals surface area contributed by atoms with E-state index in [0.717, 1.165) is 6.41 Å². The van der Waals surface area contributed by atoms with Gasteiger partial charge in [0.25, 0.3) is 0 Å². The van der Waals surface area contributed by atoms with Gasteiger partial charge in [0.2, 0.25) is 6.41 Å². The lowest BCUT2D eigenvalue weighted by molar-refractivity contribution is -0.115. The van der Waals surface area contributed by atoms with E-state index in [4.69, 9.17) is 0 Å². The minimum Gasteiger partial charge on any atom is -0.351 e. The molecule has 0 aliphatic rings. The number of rotatable bonds is 1. The van der Waals surface area contributed by atoms with Crippen molar-refractivity contribution in [1.82, 2.24) is 4.90 Å². The third kappa shape index (κ3) is 35.3. The van der Waals surface area contributed by atoms with Crippen molar-refractivity contribution in [3.63, 3.8) is 0 Å². The largest absolute Gasteiger partial charge is 0.351 e. The van der Waals surface area contributed by atoms with E-state index in [9.17, 15) is 4.79 Å². The summed E-state index contributed by atoms with van der Waals surface area (Å²) in [4.78, 5) is 10.9. The molecule has 0 aromatic rings. The molecule has 0 fully saturated rings. The average Bonchev–Trinajstić information content (AvgIpc) is 1.69. The highest BCUT2D eigenvalue weighted by Crippen LogP contribution is 1.83. The molecule has 1 unspecified atom stereocenters. The fraction of sp³-hybridized carbons (Fsp3) is 0.667. The Morgan fingerprint density at radius 3 is 1.88 bits per heavy atom. The number of carbonyl (C=O) groups is 1. The van der Waals surface area contributed by atoms with Crippen LogP contribution in [0, 0.1) is 0 Å². The molecule has 0 bridgehead atoms. The van der Waals surface area contributed by atoms with Gasteiger partial charge in [-0.2, -0.15) is 0 Å². The van der Waals surface area contributed by atoms with Crippen LogP contribution in [0.2, 0.25) is 0 Å². The summed E-state index contributed by atoms with van der Waals surface area (Å²) >= 11 is 4.51. The average molecular weight is 159 g/mol. The lowest BCUT2D eigenvalue weighted by Crippen LogP contribution is -2.06. The van der Waals surface area contributed by atoms with Crippen LogP contribution in [-0.2, 0) is 8.87 Å². The summed E-state index contributed by atoms with van der Waals surface area (Å²) in [7, 11) is 4.61. The van der Waals surface area contributed by atoms with Gasteiger partial charge in [0.1, 0.15) is 21.3 Å². The van der Waals surface area contributed by atoms with Crippen LogP contribution in [-0.4, -0.2) is 25.4 Å². The van der Waals surface area contributed by atoms with Crippen molar-refractivity contribution in [3.8, 4) is 0 Å². The van der Waals surface area contributed by atoms with Crippen LogP contribution in [0.4, 0.5) is 0 Å². The zero-order valence-corrected chi connectivity index (χ0v) is 7.10. The molecule has 0 aliphatic heterocycles. The zero-order chi connectivity index (χ0) is 6.99. The zero-order valence-electron chi connectivity index (χ0n) is 4.93. The van der Waals surface area contributed by atoms with Gasteiger partial charge >= 0.3 is 0 Å². The van der Waals surface area contributed by atoms with Gasteiger partial charge in [0, 0.05) is 14.1 Å². The highest BCUT2D eigenvalue weighted by Gasteiger charge is 1.68. The first-order chi connectivity index (χ1) is 3.68. The van der Waals surface area contributed by atoms with Crippen LogP contribution in [0.5, 0.6) is 0 Å². The SMILES string of the molecule is CN(C)C=O.[PH3+]OCl. The van der Waals surface area contributed by atoms with E-state index >= 15 is 0 Å². The maximum Gasteiger partial charge on any atom is 0.209 e. The van der Waals surface area contributed by atoms with E-state index in [-0.39, 0.29) is 0 Å². The first kappa shape index (κ1) is 11.0. The van der Waals surface area contributed by atoms with Crippen molar-refractivity contribution >= 4 is 27.7 Å². The molecule has 5 heteroatoms. The molecule has 0 aromatic heterocycles. The summed E-state index contributed by atoms with van der Waals surface area (Å²) in [6.07, 6.45) is 0.750. The molecule has 8 heavy (non-hydrogen) atoms. The fourth-order valence-corrected chi connectivity index (χ4v) is 0. The highest BCUT2D eigenvalue weighted by molar-refractivity contribution is 7.11.